The minimum atomic E-state index is 0.196. The number of halogens is 1. The molecule has 0 spiro atoms. The lowest BCUT2D eigenvalue weighted by Gasteiger charge is -2.35. The van der Waals surface area contributed by atoms with Crippen molar-refractivity contribution in [2.75, 3.05) is 45.8 Å². The van der Waals surface area contributed by atoms with Crippen LogP contribution in [0.1, 0.15) is 37.7 Å². The summed E-state index contributed by atoms with van der Waals surface area (Å²) in [6.07, 6.45) is 5.36. The summed E-state index contributed by atoms with van der Waals surface area (Å²) >= 11 is 6.00. The Morgan fingerprint density at radius 1 is 0.889 bits per heavy atom. The number of rotatable bonds is 7. The molecule has 1 aromatic rings. The van der Waals surface area contributed by atoms with Crippen LogP contribution in [0.2, 0.25) is 5.02 Å². The molecule has 0 N–H and O–H groups in total. The van der Waals surface area contributed by atoms with E-state index in [-0.39, 0.29) is 11.8 Å². The van der Waals surface area contributed by atoms with E-state index in [9.17, 15) is 9.59 Å². The number of likely N-dealkylation sites (tertiary alicyclic amines) is 1. The number of hydrogen-bond acceptors (Lipinski definition) is 3. The van der Waals surface area contributed by atoms with Crippen LogP contribution in [0.5, 0.6) is 0 Å². The highest BCUT2D eigenvalue weighted by molar-refractivity contribution is 6.30. The third-order valence-corrected chi connectivity index (χ3v) is 5.81. The minimum absolute atomic E-state index is 0.196. The molecule has 3 rings (SSSR count). The van der Waals surface area contributed by atoms with Crippen molar-refractivity contribution in [3.8, 4) is 0 Å². The number of hydrogen-bond donors (Lipinski definition) is 0. The molecule has 2 aliphatic heterocycles. The Hall–Kier alpha value is -1.59. The maximum absolute atomic E-state index is 12.4. The number of carbonyl (C=O) groups is 2. The first-order chi connectivity index (χ1) is 13.1. The third kappa shape index (κ3) is 6.22. The van der Waals surface area contributed by atoms with Gasteiger partial charge in [0.05, 0.1) is 0 Å². The second-order valence-corrected chi connectivity index (χ2v) is 7.98. The highest BCUT2D eigenvalue weighted by Crippen LogP contribution is 2.14. The molecule has 2 saturated heterocycles. The van der Waals surface area contributed by atoms with Gasteiger partial charge in [0.15, 0.2) is 0 Å². The van der Waals surface area contributed by atoms with Gasteiger partial charge in [-0.15, -0.1) is 0 Å². The predicted octanol–water partition coefficient (Wildman–Crippen LogP) is 2.82. The van der Waals surface area contributed by atoms with Crippen molar-refractivity contribution in [2.24, 2.45) is 0 Å². The zero-order chi connectivity index (χ0) is 19.1. The molecular weight excluding hydrogens is 362 g/mol. The summed E-state index contributed by atoms with van der Waals surface area (Å²) in [4.78, 5) is 31.0. The normalized spacial score (nSPS) is 18.1. The molecule has 0 aliphatic carbocycles. The maximum atomic E-state index is 12.4. The van der Waals surface area contributed by atoms with E-state index in [0.29, 0.717) is 39.0 Å². The zero-order valence-electron chi connectivity index (χ0n) is 16.0. The Bertz CT molecular complexity index is 638. The van der Waals surface area contributed by atoms with Crippen molar-refractivity contribution in [1.29, 1.82) is 0 Å². The van der Waals surface area contributed by atoms with Crippen LogP contribution in [0.3, 0.4) is 0 Å². The summed E-state index contributed by atoms with van der Waals surface area (Å²) < 4.78 is 0. The predicted molar refractivity (Wildman–Crippen MR) is 108 cm³/mol. The molecule has 0 radical (unpaired) electrons. The largest absolute Gasteiger partial charge is 0.339 e. The molecule has 0 saturated carbocycles. The summed E-state index contributed by atoms with van der Waals surface area (Å²) in [6, 6.07) is 7.81. The van der Waals surface area contributed by atoms with E-state index in [4.69, 9.17) is 11.6 Å². The molecule has 0 bridgehead atoms. The Labute approximate surface area is 167 Å². The highest BCUT2D eigenvalue weighted by Gasteiger charge is 2.24. The fourth-order valence-corrected chi connectivity index (χ4v) is 4.13. The number of benzene rings is 1. The van der Waals surface area contributed by atoms with E-state index in [1.807, 2.05) is 34.1 Å². The Kier molecular flexibility index (Phi) is 7.53. The molecule has 2 fully saturated rings. The molecule has 2 aliphatic rings. The monoisotopic (exact) mass is 391 g/mol. The molecule has 0 aromatic heterocycles. The quantitative estimate of drug-likeness (QED) is 0.717. The molecule has 2 heterocycles. The van der Waals surface area contributed by atoms with Crippen LogP contribution in [0, 0.1) is 0 Å². The maximum Gasteiger partial charge on any atom is 0.223 e. The van der Waals surface area contributed by atoms with E-state index >= 15 is 0 Å². The van der Waals surface area contributed by atoms with Crippen LogP contribution in [0.4, 0.5) is 0 Å². The van der Waals surface area contributed by atoms with Gasteiger partial charge in [0.1, 0.15) is 0 Å². The van der Waals surface area contributed by atoms with Gasteiger partial charge >= 0.3 is 0 Å². The summed E-state index contributed by atoms with van der Waals surface area (Å²) in [5, 5.41) is 0.740. The molecule has 0 atom stereocenters. The molecule has 27 heavy (non-hydrogen) atoms. The number of piperazine rings is 1. The van der Waals surface area contributed by atoms with E-state index in [1.54, 1.807) is 0 Å². The minimum Gasteiger partial charge on any atom is -0.339 e. The number of carbonyl (C=O) groups excluding carboxylic acids is 2. The van der Waals surface area contributed by atoms with Crippen molar-refractivity contribution in [3.63, 3.8) is 0 Å². The lowest BCUT2D eigenvalue weighted by atomic mass is 10.1. The average Bonchev–Trinajstić information content (AvgIpc) is 3.20. The fourth-order valence-electron chi connectivity index (χ4n) is 3.92. The lowest BCUT2D eigenvalue weighted by Crippen LogP contribution is -2.51. The summed E-state index contributed by atoms with van der Waals surface area (Å²) in [6.45, 7) is 5.78. The number of nitrogens with zero attached hydrogens (tertiary/aromatic N) is 3. The van der Waals surface area contributed by atoms with E-state index in [1.165, 1.54) is 18.4 Å². The second kappa shape index (κ2) is 10.1. The summed E-state index contributed by atoms with van der Waals surface area (Å²) in [5.74, 6) is 0.427. The Balaban J connectivity index is 1.33. The van der Waals surface area contributed by atoms with Crippen LogP contribution in [0.15, 0.2) is 24.3 Å². The van der Waals surface area contributed by atoms with Crippen LogP contribution >= 0.6 is 11.6 Å². The van der Waals surface area contributed by atoms with E-state index in [0.717, 1.165) is 37.5 Å². The van der Waals surface area contributed by atoms with Gasteiger partial charge < -0.3 is 14.7 Å². The molecular formula is C21H30ClN3O2. The molecule has 1 aromatic carbocycles. The van der Waals surface area contributed by atoms with Gasteiger partial charge in [-0.2, -0.15) is 0 Å². The Morgan fingerprint density at radius 2 is 1.52 bits per heavy atom. The van der Waals surface area contributed by atoms with Gasteiger partial charge in [0.2, 0.25) is 11.8 Å². The summed E-state index contributed by atoms with van der Waals surface area (Å²) in [7, 11) is 0. The average molecular weight is 392 g/mol. The SMILES string of the molecule is O=C(CCCc1cccc(Cl)c1)N1CCN(C(=O)CCN2CCCC2)CC1. The van der Waals surface area contributed by atoms with E-state index < -0.39 is 0 Å². The van der Waals surface area contributed by atoms with Gasteiger partial charge in [-0.25, -0.2) is 0 Å². The van der Waals surface area contributed by atoms with Gasteiger partial charge in [-0.3, -0.25) is 9.59 Å². The zero-order valence-corrected chi connectivity index (χ0v) is 16.8. The second-order valence-electron chi connectivity index (χ2n) is 7.54. The van der Waals surface area contributed by atoms with Crippen molar-refractivity contribution >= 4 is 23.4 Å². The molecule has 148 valence electrons. The number of aryl methyl sites for hydroxylation is 1. The van der Waals surface area contributed by atoms with Crippen molar-refractivity contribution < 1.29 is 9.59 Å². The molecule has 2 amide bonds. The lowest BCUT2D eigenvalue weighted by molar-refractivity contribution is -0.139. The standard InChI is InChI=1S/C21H30ClN3O2/c22-19-7-3-5-18(17-19)6-4-8-20(26)24-13-15-25(16-14-24)21(27)9-12-23-10-1-2-11-23/h3,5,7,17H,1-2,4,6,8-16H2. The molecule has 0 unspecified atom stereocenters. The first-order valence-electron chi connectivity index (χ1n) is 10.1. The van der Waals surface area contributed by atoms with Crippen LogP contribution < -0.4 is 0 Å². The van der Waals surface area contributed by atoms with Crippen molar-refractivity contribution in [2.45, 2.75) is 38.5 Å². The van der Waals surface area contributed by atoms with Crippen LogP contribution in [0.25, 0.3) is 0 Å². The van der Waals surface area contributed by atoms with Crippen molar-refractivity contribution in [1.82, 2.24) is 14.7 Å². The van der Waals surface area contributed by atoms with Crippen LogP contribution in [-0.4, -0.2) is 72.3 Å². The highest BCUT2D eigenvalue weighted by atomic mass is 35.5. The summed E-state index contributed by atoms with van der Waals surface area (Å²) in [5.41, 5.74) is 1.17. The van der Waals surface area contributed by atoms with Gasteiger partial charge in [-0.1, -0.05) is 23.7 Å². The fraction of sp³-hybridized carbons (Fsp3) is 0.619. The van der Waals surface area contributed by atoms with Crippen LogP contribution in [-0.2, 0) is 16.0 Å². The first-order valence-corrected chi connectivity index (χ1v) is 10.5. The molecule has 6 heteroatoms. The smallest absolute Gasteiger partial charge is 0.223 e. The Morgan fingerprint density at radius 3 is 2.15 bits per heavy atom. The van der Waals surface area contributed by atoms with Gasteiger partial charge in [0, 0.05) is 50.6 Å². The first kappa shape index (κ1) is 20.2. The van der Waals surface area contributed by atoms with Gasteiger partial charge in [0.25, 0.3) is 0 Å². The van der Waals surface area contributed by atoms with E-state index in [2.05, 4.69) is 4.90 Å². The van der Waals surface area contributed by atoms with Gasteiger partial charge in [-0.05, 0) is 56.5 Å². The molecule has 5 nitrogen and oxygen atoms in total. The van der Waals surface area contributed by atoms with Crippen molar-refractivity contribution in [3.05, 3.63) is 34.9 Å². The topological polar surface area (TPSA) is 43.9 Å². The number of amides is 2. The third-order valence-electron chi connectivity index (χ3n) is 5.57.